The van der Waals surface area contributed by atoms with Gasteiger partial charge in [-0.3, -0.25) is 5.32 Å². The van der Waals surface area contributed by atoms with E-state index in [9.17, 15) is 22.4 Å². The molecule has 1 unspecified atom stereocenters. The Morgan fingerprint density at radius 2 is 1.87 bits per heavy atom. The number of ether oxygens (including phenoxy) is 1. The minimum atomic E-state index is -4.99. The molecule has 1 amide bonds. The molecule has 0 spiro atoms. The Bertz CT molecular complexity index is 645. The number of anilines is 1. The third kappa shape index (κ3) is 4.94. The summed E-state index contributed by atoms with van der Waals surface area (Å²) in [6.45, 7) is 0.0331. The summed E-state index contributed by atoms with van der Waals surface area (Å²) in [4.78, 5) is 15.1. The van der Waals surface area contributed by atoms with Crippen molar-refractivity contribution in [1.29, 1.82) is 0 Å². The Labute approximate surface area is 129 Å². The second-order valence-corrected chi connectivity index (χ2v) is 4.57. The molecule has 1 heterocycles. The van der Waals surface area contributed by atoms with E-state index < -0.39 is 24.0 Å². The zero-order valence-corrected chi connectivity index (χ0v) is 11.7. The largest absolute Gasteiger partial charge is 0.444 e. The second-order valence-electron chi connectivity index (χ2n) is 4.57. The van der Waals surface area contributed by atoms with Crippen LogP contribution in [0.2, 0.25) is 0 Å². The summed E-state index contributed by atoms with van der Waals surface area (Å²) in [5.74, 6) is -0.0406. The molecule has 0 aliphatic heterocycles. The van der Waals surface area contributed by atoms with E-state index in [2.05, 4.69) is 10.3 Å². The van der Waals surface area contributed by atoms with E-state index in [1.807, 2.05) is 6.07 Å². The number of alkyl halides is 4. The molecule has 122 valence electrons. The molecule has 8 heteroatoms. The van der Waals surface area contributed by atoms with Crippen LogP contribution in [0.3, 0.4) is 0 Å². The normalized spacial score (nSPS) is 12.5. The topological polar surface area (TPSA) is 51.2 Å². The van der Waals surface area contributed by atoms with Gasteiger partial charge in [0.05, 0.1) is 0 Å². The molecule has 1 N–H and O–H groups in total. The van der Waals surface area contributed by atoms with Crippen LogP contribution in [0.5, 0.6) is 0 Å². The molecule has 1 atom stereocenters. The first-order valence-electron chi connectivity index (χ1n) is 6.50. The number of carbonyl (C=O) groups excluding carboxylic acids is 1. The van der Waals surface area contributed by atoms with Gasteiger partial charge < -0.3 is 4.74 Å². The lowest BCUT2D eigenvalue weighted by molar-refractivity contribution is -0.182. The average Bonchev–Trinajstić information content (AvgIpc) is 2.53. The van der Waals surface area contributed by atoms with Crippen molar-refractivity contribution in [2.75, 3.05) is 5.32 Å². The molecular weight excluding hydrogens is 316 g/mol. The highest BCUT2D eigenvalue weighted by Gasteiger charge is 2.41. The van der Waals surface area contributed by atoms with Gasteiger partial charge in [0, 0.05) is 11.8 Å². The van der Waals surface area contributed by atoms with E-state index in [1.54, 1.807) is 24.3 Å². The van der Waals surface area contributed by atoms with Crippen LogP contribution in [0.4, 0.5) is 28.2 Å². The molecule has 1 aromatic heterocycles. The number of rotatable bonds is 4. The first kappa shape index (κ1) is 16.7. The fourth-order valence-corrected chi connectivity index (χ4v) is 1.68. The van der Waals surface area contributed by atoms with Crippen LogP contribution >= 0.6 is 0 Å². The summed E-state index contributed by atoms with van der Waals surface area (Å²) < 4.78 is 54.6. The molecular formula is C15H12F4N2O2. The molecule has 0 radical (unpaired) electrons. The lowest BCUT2D eigenvalue weighted by Crippen LogP contribution is -2.17. The van der Waals surface area contributed by atoms with E-state index in [-0.39, 0.29) is 12.4 Å². The smallest absolute Gasteiger partial charge is 0.423 e. The lowest BCUT2D eigenvalue weighted by Gasteiger charge is -2.12. The number of pyridine rings is 1. The first-order chi connectivity index (χ1) is 10.9. The van der Waals surface area contributed by atoms with Gasteiger partial charge in [0.25, 0.3) is 0 Å². The summed E-state index contributed by atoms with van der Waals surface area (Å²) >= 11 is 0. The second kappa shape index (κ2) is 7.08. The summed E-state index contributed by atoms with van der Waals surface area (Å²) in [5.41, 5.74) is 0.136. The van der Waals surface area contributed by atoms with Crippen LogP contribution in [0.25, 0.3) is 0 Å². The van der Waals surface area contributed by atoms with Gasteiger partial charge in [-0.15, -0.1) is 0 Å². The maximum Gasteiger partial charge on any atom is 0.423 e. The van der Waals surface area contributed by atoms with Crippen LogP contribution in [-0.4, -0.2) is 17.3 Å². The van der Waals surface area contributed by atoms with Gasteiger partial charge in [-0.05, 0) is 11.6 Å². The third-order valence-corrected chi connectivity index (χ3v) is 2.81. The summed E-state index contributed by atoms with van der Waals surface area (Å²) in [6.07, 6.45) is -8.22. The zero-order chi connectivity index (χ0) is 16.9. The highest BCUT2D eigenvalue weighted by Crippen LogP contribution is 2.35. The van der Waals surface area contributed by atoms with Crippen LogP contribution in [0.1, 0.15) is 17.3 Å². The quantitative estimate of drug-likeness (QED) is 0.846. The predicted octanol–water partition coefficient (Wildman–Crippen LogP) is 4.40. The monoisotopic (exact) mass is 328 g/mol. The molecule has 2 aromatic rings. The molecule has 0 bridgehead atoms. The number of carbonyl (C=O) groups is 1. The summed E-state index contributed by atoms with van der Waals surface area (Å²) in [6, 6.07) is 10.9. The highest BCUT2D eigenvalue weighted by atomic mass is 19.4. The van der Waals surface area contributed by atoms with Crippen molar-refractivity contribution in [3.63, 3.8) is 0 Å². The van der Waals surface area contributed by atoms with Gasteiger partial charge in [0.1, 0.15) is 12.4 Å². The molecule has 0 saturated heterocycles. The van der Waals surface area contributed by atoms with Crippen LogP contribution in [0.15, 0.2) is 48.7 Å². The number of hydrogen-bond acceptors (Lipinski definition) is 3. The van der Waals surface area contributed by atoms with Gasteiger partial charge >= 0.3 is 12.3 Å². The number of nitrogens with one attached hydrogen (secondary N) is 1. The van der Waals surface area contributed by atoms with Crippen molar-refractivity contribution >= 4 is 11.9 Å². The summed E-state index contributed by atoms with van der Waals surface area (Å²) in [5, 5.41) is 2.24. The highest BCUT2D eigenvalue weighted by molar-refractivity contribution is 5.83. The van der Waals surface area contributed by atoms with Crippen molar-refractivity contribution in [1.82, 2.24) is 4.98 Å². The molecule has 0 fully saturated rings. The Hall–Kier alpha value is -2.64. The van der Waals surface area contributed by atoms with Crippen LogP contribution < -0.4 is 5.32 Å². The van der Waals surface area contributed by atoms with E-state index >= 15 is 0 Å². The number of aromatic nitrogens is 1. The van der Waals surface area contributed by atoms with Gasteiger partial charge in [-0.1, -0.05) is 36.4 Å². The third-order valence-electron chi connectivity index (χ3n) is 2.81. The van der Waals surface area contributed by atoms with E-state index in [1.165, 1.54) is 0 Å². The predicted molar refractivity (Wildman–Crippen MR) is 74.4 cm³/mol. The molecule has 0 aliphatic carbocycles. The Kier molecular flexibility index (Phi) is 5.15. The van der Waals surface area contributed by atoms with Crippen LogP contribution in [0, 0.1) is 0 Å². The van der Waals surface area contributed by atoms with Crippen LogP contribution in [-0.2, 0) is 11.3 Å². The Morgan fingerprint density at radius 1 is 1.17 bits per heavy atom. The van der Waals surface area contributed by atoms with Crippen molar-refractivity contribution < 1.29 is 27.1 Å². The minimum absolute atomic E-state index is 0.0331. The zero-order valence-electron chi connectivity index (χ0n) is 11.7. The Balaban J connectivity index is 1.89. The van der Waals surface area contributed by atoms with Gasteiger partial charge in [-0.2, -0.15) is 13.2 Å². The fourth-order valence-electron chi connectivity index (χ4n) is 1.68. The van der Waals surface area contributed by atoms with E-state index in [0.717, 1.165) is 17.7 Å². The SMILES string of the molecule is O=C(Nc1ccc(C(F)C(F)(F)F)cn1)OCc1ccccc1. The van der Waals surface area contributed by atoms with Crippen molar-refractivity contribution in [3.05, 3.63) is 59.8 Å². The van der Waals surface area contributed by atoms with Crippen molar-refractivity contribution in [3.8, 4) is 0 Å². The molecule has 1 aromatic carbocycles. The van der Waals surface area contributed by atoms with E-state index in [0.29, 0.717) is 6.20 Å². The average molecular weight is 328 g/mol. The Morgan fingerprint density at radius 3 is 2.43 bits per heavy atom. The number of nitrogens with zero attached hydrogens (tertiary/aromatic N) is 1. The molecule has 4 nitrogen and oxygen atoms in total. The maximum atomic E-state index is 13.1. The van der Waals surface area contributed by atoms with Gasteiger partial charge in [-0.25, -0.2) is 14.2 Å². The molecule has 0 aliphatic rings. The standard InChI is InChI=1S/C15H12F4N2O2/c16-13(15(17,18)19)11-6-7-12(20-8-11)21-14(22)23-9-10-4-2-1-3-5-10/h1-8,13H,9H2,(H,20,21,22). The minimum Gasteiger partial charge on any atom is -0.444 e. The fraction of sp³-hybridized carbons (Fsp3) is 0.200. The molecule has 2 rings (SSSR count). The van der Waals surface area contributed by atoms with E-state index in [4.69, 9.17) is 4.74 Å². The first-order valence-corrected chi connectivity index (χ1v) is 6.50. The van der Waals surface area contributed by atoms with Gasteiger partial charge in [0.15, 0.2) is 0 Å². The molecule has 0 saturated carbocycles. The molecule has 23 heavy (non-hydrogen) atoms. The summed E-state index contributed by atoms with van der Waals surface area (Å²) in [7, 11) is 0. The lowest BCUT2D eigenvalue weighted by atomic mass is 10.2. The number of benzene rings is 1. The van der Waals surface area contributed by atoms with Crippen molar-refractivity contribution in [2.24, 2.45) is 0 Å². The number of amides is 1. The van der Waals surface area contributed by atoms with Gasteiger partial charge in [0.2, 0.25) is 6.17 Å². The number of hydrogen-bond donors (Lipinski definition) is 1. The number of halogens is 4. The maximum absolute atomic E-state index is 13.1. The van der Waals surface area contributed by atoms with Crippen molar-refractivity contribution in [2.45, 2.75) is 19.0 Å².